The molecule has 2 aromatic rings. The third-order valence-electron chi connectivity index (χ3n) is 3.50. The van der Waals surface area contributed by atoms with E-state index in [0.717, 1.165) is 11.1 Å². The van der Waals surface area contributed by atoms with Crippen LogP contribution in [0.5, 0.6) is 11.5 Å². The van der Waals surface area contributed by atoms with E-state index < -0.39 is 24.5 Å². The van der Waals surface area contributed by atoms with Crippen molar-refractivity contribution in [2.24, 2.45) is 0 Å². The average Bonchev–Trinajstić information content (AvgIpc) is 2.68. The number of benzene rings is 2. The Hall–Kier alpha value is -2.32. The molecule has 2 atom stereocenters. The fourth-order valence-electron chi connectivity index (χ4n) is 2.33. The highest BCUT2D eigenvalue weighted by Crippen LogP contribution is 2.25. The van der Waals surface area contributed by atoms with Crippen LogP contribution in [0.15, 0.2) is 48.5 Å². The molecule has 0 amide bonds. The Morgan fingerprint density at radius 2 is 1.04 bits per heavy atom. The van der Waals surface area contributed by atoms with Gasteiger partial charge in [-0.2, -0.15) is 25.3 Å². The molecule has 150 valence electrons. The number of rotatable bonds is 9. The molecule has 0 aliphatic carbocycles. The predicted octanol–water partition coefficient (Wildman–Crippen LogP) is 3.75. The van der Waals surface area contributed by atoms with Gasteiger partial charge in [0.2, 0.25) is 12.6 Å². The molecule has 8 heteroatoms. The maximum absolute atomic E-state index is 11.2. The first-order chi connectivity index (χ1) is 13.4. The van der Waals surface area contributed by atoms with Gasteiger partial charge in [-0.05, 0) is 35.4 Å². The van der Waals surface area contributed by atoms with Gasteiger partial charge in [0.1, 0.15) is 11.5 Å². The van der Waals surface area contributed by atoms with Crippen LogP contribution in [0.25, 0.3) is 11.1 Å². The van der Waals surface area contributed by atoms with Crippen LogP contribution in [0, 0.1) is 0 Å². The summed E-state index contributed by atoms with van der Waals surface area (Å²) in [5.74, 6) is 0.297. The van der Waals surface area contributed by atoms with Crippen molar-refractivity contribution in [2.45, 2.75) is 26.4 Å². The zero-order valence-electron chi connectivity index (χ0n) is 15.5. The van der Waals surface area contributed by atoms with Crippen molar-refractivity contribution in [3.8, 4) is 22.6 Å². The van der Waals surface area contributed by atoms with Crippen molar-refractivity contribution in [3.05, 3.63) is 48.5 Å². The first-order valence-corrected chi connectivity index (χ1v) is 9.82. The van der Waals surface area contributed by atoms with Gasteiger partial charge in [0, 0.05) is 13.8 Å². The van der Waals surface area contributed by atoms with E-state index in [2.05, 4.69) is 25.3 Å². The average molecular weight is 423 g/mol. The maximum Gasteiger partial charge on any atom is 0.318 e. The summed E-state index contributed by atoms with van der Waals surface area (Å²) in [5.41, 5.74) is 1.96. The molecule has 6 nitrogen and oxygen atoms in total. The van der Waals surface area contributed by atoms with Crippen molar-refractivity contribution in [2.75, 3.05) is 11.5 Å². The molecular formula is C20H22O6S2. The Morgan fingerprint density at radius 3 is 1.32 bits per heavy atom. The molecule has 0 bridgehead atoms. The van der Waals surface area contributed by atoms with E-state index in [-0.39, 0.29) is 11.5 Å². The van der Waals surface area contributed by atoms with Gasteiger partial charge in [0.15, 0.2) is 0 Å². The van der Waals surface area contributed by atoms with Crippen molar-refractivity contribution >= 4 is 37.2 Å². The number of hydrogen-bond acceptors (Lipinski definition) is 8. The summed E-state index contributed by atoms with van der Waals surface area (Å²) in [5, 5.41) is 0. The van der Waals surface area contributed by atoms with E-state index in [0.29, 0.717) is 11.5 Å². The molecular weight excluding hydrogens is 400 g/mol. The van der Waals surface area contributed by atoms with E-state index >= 15 is 0 Å². The second-order valence-corrected chi connectivity index (χ2v) is 6.35. The lowest BCUT2D eigenvalue weighted by Gasteiger charge is -2.16. The number of carbonyl (C=O) groups excluding carboxylic acids is 2. The van der Waals surface area contributed by atoms with Gasteiger partial charge in [0.05, 0.1) is 11.5 Å². The summed E-state index contributed by atoms with van der Waals surface area (Å²) in [6.45, 7) is 3.28. The van der Waals surface area contributed by atoms with Crippen molar-refractivity contribution in [1.29, 1.82) is 0 Å². The topological polar surface area (TPSA) is 71.1 Å². The SMILES string of the molecule is CC(OC(=O)CS)Oc1ccc(-c2ccc(OC(C)OC(=O)CS)cc2)cc1. The zero-order chi connectivity index (χ0) is 20.5. The number of thiol groups is 2. The lowest BCUT2D eigenvalue weighted by molar-refractivity contribution is -0.158. The molecule has 0 radical (unpaired) electrons. The van der Waals surface area contributed by atoms with Gasteiger partial charge in [-0.15, -0.1) is 0 Å². The summed E-state index contributed by atoms with van der Waals surface area (Å²) in [6.07, 6.45) is -1.39. The summed E-state index contributed by atoms with van der Waals surface area (Å²) < 4.78 is 21.1. The normalized spacial score (nSPS) is 12.6. The van der Waals surface area contributed by atoms with E-state index in [1.807, 2.05) is 24.3 Å². The molecule has 0 aliphatic rings. The monoisotopic (exact) mass is 422 g/mol. The highest BCUT2D eigenvalue weighted by Gasteiger charge is 2.11. The zero-order valence-corrected chi connectivity index (χ0v) is 17.3. The standard InChI is InChI=1S/C20H22O6S2/c1-13(25-19(21)11-27)23-17-7-3-15(4-8-17)16-5-9-18(10-6-16)24-14(2)26-20(22)12-28/h3-10,13-14,27-28H,11-12H2,1-2H3. The van der Waals surface area contributed by atoms with Crippen LogP contribution >= 0.6 is 25.3 Å². The summed E-state index contributed by atoms with van der Waals surface area (Å²) in [6, 6.07) is 14.8. The molecule has 0 spiro atoms. The van der Waals surface area contributed by atoms with Gasteiger partial charge in [-0.3, -0.25) is 9.59 Å². The third kappa shape index (κ3) is 7.01. The van der Waals surface area contributed by atoms with Crippen molar-refractivity contribution in [3.63, 3.8) is 0 Å². The highest BCUT2D eigenvalue weighted by molar-refractivity contribution is 7.81. The molecule has 28 heavy (non-hydrogen) atoms. The number of carbonyl (C=O) groups is 2. The smallest absolute Gasteiger partial charge is 0.318 e. The number of ether oxygens (including phenoxy) is 4. The minimum absolute atomic E-state index is 0.00273. The van der Waals surface area contributed by atoms with Gasteiger partial charge < -0.3 is 18.9 Å². The predicted molar refractivity (Wildman–Crippen MR) is 112 cm³/mol. The Balaban J connectivity index is 1.94. The summed E-state index contributed by atoms with van der Waals surface area (Å²) in [4.78, 5) is 22.4. The quantitative estimate of drug-likeness (QED) is 0.364. The van der Waals surface area contributed by atoms with Crippen LogP contribution in [0.4, 0.5) is 0 Å². The maximum atomic E-state index is 11.2. The molecule has 0 fully saturated rings. The van der Waals surface area contributed by atoms with Gasteiger partial charge in [-0.1, -0.05) is 24.3 Å². The van der Waals surface area contributed by atoms with Crippen LogP contribution < -0.4 is 9.47 Å². The molecule has 0 saturated heterocycles. The van der Waals surface area contributed by atoms with Crippen molar-refractivity contribution in [1.82, 2.24) is 0 Å². The Bertz CT molecular complexity index is 709. The van der Waals surface area contributed by atoms with E-state index in [9.17, 15) is 9.59 Å². The minimum atomic E-state index is -0.694. The number of hydrogen-bond donors (Lipinski definition) is 2. The van der Waals surface area contributed by atoms with Gasteiger partial charge in [-0.25, -0.2) is 0 Å². The first kappa shape index (κ1) is 22.0. The molecule has 0 aromatic heterocycles. The van der Waals surface area contributed by atoms with Crippen LogP contribution in [0.3, 0.4) is 0 Å². The lowest BCUT2D eigenvalue weighted by Crippen LogP contribution is -2.21. The molecule has 0 saturated carbocycles. The van der Waals surface area contributed by atoms with E-state index in [1.54, 1.807) is 38.1 Å². The second kappa shape index (κ2) is 10.9. The Morgan fingerprint density at radius 1 is 0.714 bits per heavy atom. The molecule has 2 aromatic carbocycles. The lowest BCUT2D eigenvalue weighted by atomic mass is 10.1. The summed E-state index contributed by atoms with van der Waals surface area (Å²) in [7, 11) is 0. The minimum Gasteiger partial charge on any atom is -0.455 e. The van der Waals surface area contributed by atoms with Crippen molar-refractivity contribution < 1.29 is 28.5 Å². The van der Waals surface area contributed by atoms with Crippen LogP contribution in [-0.4, -0.2) is 36.0 Å². The first-order valence-electron chi connectivity index (χ1n) is 8.55. The van der Waals surface area contributed by atoms with Gasteiger partial charge >= 0.3 is 11.9 Å². The second-order valence-electron chi connectivity index (χ2n) is 5.72. The Labute approximate surface area is 174 Å². The van der Waals surface area contributed by atoms with Crippen LogP contribution in [0.2, 0.25) is 0 Å². The Kier molecular flexibility index (Phi) is 8.53. The molecule has 2 unspecified atom stereocenters. The summed E-state index contributed by atoms with van der Waals surface area (Å²) >= 11 is 7.70. The fraction of sp³-hybridized carbons (Fsp3) is 0.300. The van der Waals surface area contributed by atoms with E-state index in [1.165, 1.54) is 0 Å². The van der Waals surface area contributed by atoms with Gasteiger partial charge in [0.25, 0.3) is 0 Å². The molecule has 0 heterocycles. The highest BCUT2D eigenvalue weighted by atomic mass is 32.1. The van der Waals surface area contributed by atoms with E-state index in [4.69, 9.17) is 18.9 Å². The van der Waals surface area contributed by atoms with Crippen LogP contribution in [0.1, 0.15) is 13.8 Å². The third-order valence-corrected chi connectivity index (χ3v) is 4.02. The number of esters is 2. The largest absolute Gasteiger partial charge is 0.455 e. The molecule has 0 N–H and O–H groups in total. The fourth-order valence-corrected chi connectivity index (χ4v) is 2.48. The molecule has 2 rings (SSSR count). The molecule has 0 aliphatic heterocycles. The van der Waals surface area contributed by atoms with Crippen LogP contribution in [-0.2, 0) is 19.1 Å².